The Bertz CT molecular complexity index is 568. The van der Waals surface area contributed by atoms with Gasteiger partial charge >= 0.3 is 0 Å². The highest BCUT2D eigenvalue weighted by atomic mass is 79.9. The highest BCUT2D eigenvalue weighted by Crippen LogP contribution is 2.21. The minimum atomic E-state index is -0.0889. The van der Waals surface area contributed by atoms with Crippen LogP contribution in [0.4, 0.5) is 0 Å². The van der Waals surface area contributed by atoms with Gasteiger partial charge in [-0.15, -0.1) is 0 Å². The quantitative estimate of drug-likeness (QED) is 0.854. The molecular formula is C11H8BrClN2O. The fraction of sp³-hybridized carbons (Fsp3) is 0.0909. The third-order valence-electron chi connectivity index (χ3n) is 2.15. The van der Waals surface area contributed by atoms with E-state index in [1.54, 1.807) is 6.07 Å². The van der Waals surface area contributed by atoms with E-state index in [2.05, 4.69) is 20.9 Å². The second-order valence-corrected chi connectivity index (χ2v) is 4.61. The van der Waals surface area contributed by atoms with E-state index in [4.69, 9.17) is 11.6 Å². The Morgan fingerprint density at radius 3 is 2.88 bits per heavy atom. The molecule has 0 bridgehead atoms. The molecule has 16 heavy (non-hydrogen) atoms. The van der Waals surface area contributed by atoms with Crippen LogP contribution in [0.5, 0.6) is 0 Å². The van der Waals surface area contributed by atoms with Crippen LogP contribution in [-0.2, 0) is 6.54 Å². The molecule has 0 amide bonds. The standard InChI is InChI=1S/C11H8BrClN2O/c12-9-2-1-8(10(13)5-9)6-15-7-14-4-3-11(15)16/h1-5,7H,6H2. The molecule has 0 spiro atoms. The maximum atomic E-state index is 11.5. The molecular weight excluding hydrogens is 291 g/mol. The highest BCUT2D eigenvalue weighted by molar-refractivity contribution is 9.10. The van der Waals surface area contributed by atoms with Gasteiger partial charge in [0.2, 0.25) is 0 Å². The summed E-state index contributed by atoms with van der Waals surface area (Å²) in [4.78, 5) is 15.4. The van der Waals surface area contributed by atoms with E-state index >= 15 is 0 Å². The monoisotopic (exact) mass is 298 g/mol. The van der Waals surface area contributed by atoms with Crippen molar-refractivity contribution in [1.29, 1.82) is 0 Å². The van der Waals surface area contributed by atoms with Crippen LogP contribution in [0.1, 0.15) is 5.56 Å². The van der Waals surface area contributed by atoms with Gasteiger partial charge in [0, 0.05) is 21.8 Å². The molecule has 0 unspecified atom stereocenters. The number of aromatic nitrogens is 2. The summed E-state index contributed by atoms with van der Waals surface area (Å²) in [6.07, 6.45) is 2.97. The van der Waals surface area contributed by atoms with Gasteiger partial charge in [-0.1, -0.05) is 33.6 Å². The minimum Gasteiger partial charge on any atom is -0.295 e. The molecule has 1 aromatic heterocycles. The molecule has 0 N–H and O–H groups in total. The number of hydrogen-bond donors (Lipinski definition) is 0. The summed E-state index contributed by atoms with van der Waals surface area (Å²) in [5.74, 6) is 0. The molecule has 0 radical (unpaired) electrons. The van der Waals surface area contributed by atoms with E-state index in [-0.39, 0.29) is 5.56 Å². The summed E-state index contributed by atoms with van der Waals surface area (Å²) in [6.45, 7) is 0.429. The maximum Gasteiger partial charge on any atom is 0.253 e. The smallest absolute Gasteiger partial charge is 0.253 e. The van der Waals surface area contributed by atoms with Gasteiger partial charge in [0.05, 0.1) is 12.9 Å². The molecule has 82 valence electrons. The van der Waals surface area contributed by atoms with E-state index in [1.807, 2.05) is 12.1 Å². The lowest BCUT2D eigenvalue weighted by Gasteiger charge is -2.06. The first-order valence-corrected chi connectivity index (χ1v) is 5.78. The van der Waals surface area contributed by atoms with E-state index in [0.717, 1.165) is 10.0 Å². The van der Waals surface area contributed by atoms with Crippen molar-refractivity contribution in [2.45, 2.75) is 6.54 Å². The maximum absolute atomic E-state index is 11.5. The van der Waals surface area contributed by atoms with Crippen molar-refractivity contribution in [3.63, 3.8) is 0 Å². The molecule has 3 nitrogen and oxygen atoms in total. The second-order valence-electron chi connectivity index (χ2n) is 3.28. The Balaban J connectivity index is 2.35. The van der Waals surface area contributed by atoms with Gasteiger partial charge in [0.15, 0.2) is 0 Å². The van der Waals surface area contributed by atoms with Gasteiger partial charge in [-0.3, -0.25) is 9.36 Å². The topological polar surface area (TPSA) is 34.9 Å². The van der Waals surface area contributed by atoms with Crippen LogP contribution in [-0.4, -0.2) is 9.55 Å². The molecule has 2 aromatic rings. The highest BCUT2D eigenvalue weighted by Gasteiger charge is 2.03. The second kappa shape index (κ2) is 4.80. The summed E-state index contributed by atoms with van der Waals surface area (Å²) in [6, 6.07) is 7.00. The number of rotatable bonds is 2. The van der Waals surface area contributed by atoms with Crippen LogP contribution in [0, 0.1) is 0 Å². The summed E-state index contributed by atoms with van der Waals surface area (Å²) >= 11 is 9.40. The fourth-order valence-corrected chi connectivity index (χ4v) is 2.06. The molecule has 0 aliphatic heterocycles. The zero-order valence-corrected chi connectivity index (χ0v) is 10.6. The summed E-state index contributed by atoms with van der Waals surface area (Å²) in [7, 11) is 0. The lowest BCUT2D eigenvalue weighted by Crippen LogP contribution is -2.19. The summed E-state index contributed by atoms with van der Waals surface area (Å²) in [5.41, 5.74) is 0.800. The predicted molar refractivity (Wildman–Crippen MR) is 66.8 cm³/mol. The molecule has 5 heteroatoms. The normalized spacial score (nSPS) is 10.4. The predicted octanol–water partition coefficient (Wildman–Crippen LogP) is 2.71. The third-order valence-corrected chi connectivity index (χ3v) is 2.99. The van der Waals surface area contributed by atoms with Crippen molar-refractivity contribution in [3.8, 4) is 0 Å². The Kier molecular flexibility index (Phi) is 3.41. The molecule has 1 heterocycles. The average Bonchev–Trinajstić information content (AvgIpc) is 2.25. The van der Waals surface area contributed by atoms with E-state index in [9.17, 15) is 4.79 Å². The van der Waals surface area contributed by atoms with E-state index < -0.39 is 0 Å². The third kappa shape index (κ3) is 2.51. The number of halogens is 2. The molecule has 1 aromatic carbocycles. The first kappa shape index (κ1) is 11.4. The zero-order valence-electron chi connectivity index (χ0n) is 8.23. The molecule has 0 atom stereocenters. The fourth-order valence-electron chi connectivity index (χ4n) is 1.33. The van der Waals surface area contributed by atoms with Crippen molar-refractivity contribution in [2.75, 3.05) is 0 Å². The van der Waals surface area contributed by atoms with Crippen molar-refractivity contribution in [1.82, 2.24) is 9.55 Å². The van der Waals surface area contributed by atoms with Gasteiger partial charge in [-0.25, -0.2) is 4.98 Å². The lowest BCUT2D eigenvalue weighted by molar-refractivity contribution is 0.736. The Morgan fingerprint density at radius 2 is 2.19 bits per heavy atom. The van der Waals surface area contributed by atoms with Gasteiger partial charge in [-0.2, -0.15) is 0 Å². The molecule has 0 saturated heterocycles. The summed E-state index contributed by atoms with van der Waals surface area (Å²) < 4.78 is 2.43. The molecule has 0 fully saturated rings. The molecule has 0 saturated carbocycles. The molecule has 2 rings (SSSR count). The van der Waals surface area contributed by atoms with Crippen molar-refractivity contribution in [3.05, 3.63) is 62.2 Å². The first-order valence-electron chi connectivity index (χ1n) is 4.61. The van der Waals surface area contributed by atoms with E-state index in [1.165, 1.54) is 23.2 Å². The Labute approximate surface area is 106 Å². The minimum absolute atomic E-state index is 0.0889. The van der Waals surface area contributed by atoms with Gasteiger partial charge in [-0.05, 0) is 17.7 Å². The van der Waals surface area contributed by atoms with Crippen molar-refractivity contribution < 1.29 is 0 Å². The number of nitrogens with zero attached hydrogens (tertiary/aromatic N) is 2. The van der Waals surface area contributed by atoms with E-state index in [0.29, 0.717) is 11.6 Å². The zero-order chi connectivity index (χ0) is 11.5. The Morgan fingerprint density at radius 1 is 1.38 bits per heavy atom. The number of hydrogen-bond acceptors (Lipinski definition) is 2. The first-order chi connectivity index (χ1) is 7.66. The Hall–Kier alpha value is -1.13. The molecule has 0 aliphatic carbocycles. The number of benzene rings is 1. The van der Waals surface area contributed by atoms with Gasteiger partial charge < -0.3 is 0 Å². The van der Waals surface area contributed by atoms with Crippen LogP contribution in [0.2, 0.25) is 5.02 Å². The van der Waals surface area contributed by atoms with Gasteiger partial charge in [0.1, 0.15) is 0 Å². The SMILES string of the molecule is O=c1ccncn1Cc1ccc(Br)cc1Cl. The largest absolute Gasteiger partial charge is 0.295 e. The van der Waals surface area contributed by atoms with Crippen LogP contribution in [0.3, 0.4) is 0 Å². The average molecular weight is 300 g/mol. The summed E-state index contributed by atoms with van der Waals surface area (Å²) in [5, 5.41) is 0.630. The lowest BCUT2D eigenvalue weighted by atomic mass is 10.2. The van der Waals surface area contributed by atoms with Crippen LogP contribution in [0.15, 0.2) is 46.1 Å². The van der Waals surface area contributed by atoms with Crippen molar-refractivity contribution in [2.24, 2.45) is 0 Å². The molecule has 0 aliphatic rings. The van der Waals surface area contributed by atoms with Crippen LogP contribution in [0.25, 0.3) is 0 Å². The van der Waals surface area contributed by atoms with Crippen molar-refractivity contribution >= 4 is 27.5 Å². The van der Waals surface area contributed by atoms with Gasteiger partial charge in [0.25, 0.3) is 5.56 Å². The van der Waals surface area contributed by atoms with Crippen LogP contribution >= 0.6 is 27.5 Å². The van der Waals surface area contributed by atoms with Crippen LogP contribution < -0.4 is 5.56 Å².